The predicted octanol–water partition coefficient (Wildman–Crippen LogP) is -3.23. The normalized spacial score (nSPS) is 14.4. The number of nitrogens with one attached hydrogen (secondary N) is 7. The lowest BCUT2D eigenvalue weighted by Crippen LogP contribution is -2.33. The summed E-state index contributed by atoms with van der Waals surface area (Å²) in [6.07, 6.45) is 3.03. The number of hydrogen-bond acceptors (Lipinski definition) is 42. The van der Waals surface area contributed by atoms with E-state index in [1.165, 1.54) is 34.6 Å². The first kappa shape index (κ1) is 117. The summed E-state index contributed by atoms with van der Waals surface area (Å²) in [5.41, 5.74) is 0. The molecule has 0 saturated carbocycles. The highest BCUT2D eigenvalue weighted by Gasteiger charge is 2.39. The summed E-state index contributed by atoms with van der Waals surface area (Å²) in [6.45, 7) is 8.47. The number of carbonyl (C=O) groups is 35. The van der Waals surface area contributed by atoms with Gasteiger partial charge in [0.25, 0.3) is 82.7 Å². The number of unbranched alkanes of at least 4 members (excludes halogenated alkanes) is 4. The fourth-order valence-electron chi connectivity index (χ4n) is 10.5. The number of imide groups is 14. The van der Waals surface area contributed by atoms with E-state index in [9.17, 15) is 168 Å². The first-order valence-corrected chi connectivity index (χ1v) is 41.4. The minimum absolute atomic E-state index is 0.00951. The molecule has 7 saturated heterocycles. The van der Waals surface area contributed by atoms with Crippen molar-refractivity contribution in [2.45, 2.75) is 286 Å². The molecule has 0 aromatic rings. The molecule has 0 aliphatic carbocycles. The molecule has 7 fully saturated rings. The molecule has 0 spiro atoms. The topological polar surface area (TPSA) is 769 Å². The average molecular weight is 1920 g/mol. The van der Waals surface area contributed by atoms with E-state index in [0.717, 1.165) is 13.8 Å². The van der Waals surface area contributed by atoms with E-state index in [2.05, 4.69) is 60.4 Å². The van der Waals surface area contributed by atoms with Crippen LogP contribution in [0.3, 0.4) is 0 Å². The number of carbonyl (C=O) groups excluding carboxylic acids is 35. The first-order valence-electron chi connectivity index (χ1n) is 41.4. The van der Waals surface area contributed by atoms with Crippen LogP contribution >= 0.6 is 0 Å². The van der Waals surface area contributed by atoms with Gasteiger partial charge >= 0.3 is 41.8 Å². The van der Waals surface area contributed by atoms with Crippen molar-refractivity contribution < 1.29 is 202 Å². The first-order chi connectivity index (χ1) is 63.3. The Labute approximate surface area is 764 Å². The molecule has 0 atom stereocenters. The van der Waals surface area contributed by atoms with Gasteiger partial charge in [0, 0.05) is 215 Å². The third-order valence-electron chi connectivity index (χ3n) is 16.6. The zero-order chi connectivity index (χ0) is 102. The lowest BCUT2D eigenvalue weighted by Gasteiger charge is -2.12. The largest absolute Gasteiger partial charge is 0.333 e. The molecule has 28 amide bonds. The van der Waals surface area contributed by atoms with Crippen LogP contribution in [0.2, 0.25) is 0 Å². The van der Waals surface area contributed by atoms with E-state index in [4.69, 9.17) is 0 Å². The maximum atomic E-state index is 11.4. The second kappa shape index (κ2) is 62.5. The Morgan fingerprint density at radius 3 is 0.430 bits per heavy atom. The van der Waals surface area contributed by atoms with Crippen LogP contribution in [0.4, 0.5) is 0 Å². The summed E-state index contributed by atoms with van der Waals surface area (Å²) < 4.78 is 0. The van der Waals surface area contributed by atoms with E-state index in [1.807, 2.05) is 10.6 Å². The van der Waals surface area contributed by atoms with Crippen molar-refractivity contribution in [3.63, 3.8) is 0 Å². The minimum Gasteiger partial charge on any atom is -0.330 e. The van der Waals surface area contributed by atoms with Crippen LogP contribution in [-0.2, 0) is 202 Å². The van der Waals surface area contributed by atoms with E-state index in [0.29, 0.717) is 80.4 Å². The minimum atomic E-state index is -0.877. The Bertz CT molecular complexity index is 4280. The van der Waals surface area contributed by atoms with Crippen LogP contribution in [0.1, 0.15) is 286 Å². The average Bonchev–Trinajstić information content (AvgIpc) is 1.77. The van der Waals surface area contributed by atoms with Gasteiger partial charge in [-0.15, -0.1) is 35.4 Å². The van der Waals surface area contributed by atoms with Gasteiger partial charge in [0.05, 0.1) is 12.8 Å². The second-order valence-electron chi connectivity index (χ2n) is 28.7. The Balaban J connectivity index is 0.000000788. The van der Waals surface area contributed by atoms with Gasteiger partial charge in [-0.1, -0.05) is 6.42 Å². The molecule has 7 heterocycles. The molecule has 135 heavy (non-hydrogen) atoms. The van der Waals surface area contributed by atoms with Gasteiger partial charge in [0.15, 0.2) is 0 Å². The lowest BCUT2D eigenvalue weighted by atomic mass is 10.1. The smallest absolute Gasteiger partial charge is 0.330 e. The van der Waals surface area contributed by atoms with E-state index < -0.39 is 201 Å². The molecule has 7 aliphatic rings. The molecule has 7 aliphatic heterocycles. The molecule has 7 rings (SSSR count). The van der Waals surface area contributed by atoms with Gasteiger partial charge in [-0.3, -0.25) is 171 Å². The van der Waals surface area contributed by atoms with Crippen LogP contribution in [0.25, 0.3) is 0 Å². The molecule has 0 bridgehead atoms. The van der Waals surface area contributed by atoms with Crippen LogP contribution in [-0.4, -0.2) is 243 Å². The standard InChI is InChI=1S/C13H18N2O6.2C12H16N2O6.2C11H14N2O6.2C10H12N2O6/c1-9(16)14-10(17)5-3-2-4-6-13(20)21-15-11(18)7-8-12(15)19;2*1-8(15)13-9(16)4-2-3-5-12(19)20-14-10(17)6-7-11(14)18;2*1-7(14)12-8(15)3-2-4-11(18)19-13-9(16)5-6-10(13)17;2*1-6(13)11-7(14)2-5-10(17)18-12-8(15)3-4-9(12)16/h2-8H2,1H3,(H,14,16,17);2*2-7H2,1H3,(H,13,15,16);2*2-6H2,1H3,(H,12,14,15);2*2-5H2,1H3,(H,11,13,14). The van der Waals surface area contributed by atoms with Crippen LogP contribution in [0, 0.1) is 0 Å². The maximum Gasteiger partial charge on any atom is 0.333 e. The Kier molecular flexibility index (Phi) is 54.3. The molecule has 7 N–H and O–H groups in total. The monoisotopic (exact) mass is 1920 g/mol. The Hall–Kier alpha value is -15.7. The highest BCUT2D eigenvalue weighted by Crippen LogP contribution is 2.21. The van der Waals surface area contributed by atoms with Gasteiger partial charge in [-0.25, -0.2) is 33.6 Å². The Morgan fingerprint density at radius 1 is 0.163 bits per heavy atom. The van der Waals surface area contributed by atoms with Gasteiger partial charge in [-0.05, 0) is 51.4 Å². The highest BCUT2D eigenvalue weighted by molar-refractivity contribution is 6.07. The van der Waals surface area contributed by atoms with Crippen molar-refractivity contribution >= 4 is 207 Å². The zero-order valence-corrected chi connectivity index (χ0v) is 74.4. The number of nitrogens with zero attached hydrogens (tertiary/aromatic N) is 7. The number of rotatable bonds is 37. The van der Waals surface area contributed by atoms with Gasteiger partial charge in [0.2, 0.25) is 82.7 Å². The molecule has 0 radical (unpaired) electrons. The number of hydrogen-bond donors (Lipinski definition) is 7. The van der Waals surface area contributed by atoms with Gasteiger partial charge < -0.3 is 33.9 Å². The van der Waals surface area contributed by atoms with Crippen molar-refractivity contribution in [2.24, 2.45) is 0 Å². The SMILES string of the molecule is CC(=O)NC(=O)CCC(=O)ON1C(=O)CCC1=O.CC(=O)NC(=O)CCC(=O)ON1C(=O)CCC1=O.CC(=O)NC(=O)CCCC(=O)ON1C(=O)CCC1=O.CC(=O)NC(=O)CCCC(=O)ON1C(=O)CCC1=O.CC(=O)NC(=O)CCCCC(=O)ON1C(=O)CCC1=O.CC(=O)NC(=O)CCCCC(=O)ON1C(=O)CCC1=O.CC(=O)NC(=O)CCCCCC(=O)ON1C(=O)CCC1=O. The summed E-state index contributed by atoms with van der Waals surface area (Å²) in [6, 6.07) is 0. The summed E-state index contributed by atoms with van der Waals surface area (Å²) in [7, 11) is 0. The van der Waals surface area contributed by atoms with Crippen molar-refractivity contribution in [2.75, 3.05) is 0 Å². The molecular weight excluding hydrogens is 1820 g/mol. The second-order valence-corrected chi connectivity index (χ2v) is 28.7. The van der Waals surface area contributed by atoms with E-state index in [-0.39, 0.29) is 199 Å². The van der Waals surface area contributed by atoms with Crippen LogP contribution in [0.15, 0.2) is 0 Å². The fraction of sp³-hybridized carbons (Fsp3) is 0.557. The Morgan fingerprint density at radius 2 is 0.274 bits per heavy atom. The molecule has 0 aromatic heterocycles. The van der Waals surface area contributed by atoms with Gasteiger partial charge in [0.1, 0.15) is 0 Å². The van der Waals surface area contributed by atoms with Crippen molar-refractivity contribution in [3.05, 3.63) is 0 Å². The lowest BCUT2D eigenvalue weighted by molar-refractivity contribution is -0.197. The number of amides is 28. The zero-order valence-electron chi connectivity index (χ0n) is 74.4. The molecule has 0 aromatic carbocycles. The third-order valence-corrected chi connectivity index (χ3v) is 16.6. The van der Waals surface area contributed by atoms with E-state index >= 15 is 0 Å². The molecule has 0 unspecified atom stereocenters. The van der Waals surface area contributed by atoms with Crippen molar-refractivity contribution in [3.8, 4) is 0 Å². The summed E-state index contributed by atoms with van der Waals surface area (Å²) in [4.78, 5) is 419. The summed E-state index contributed by atoms with van der Waals surface area (Å²) in [5.74, 6) is -19.6. The quantitative estimate of drug-likeness (QED) is 0.0237. The van der Waals surface area contributed by atoms with E-state index in [1.54, 1.807) is 0 Å². The maximum absolute atomic E-state index is 11.4. The highest BCUT2D eigenvalue weighted by atomic mass is 16.8. The van der Waals surface area contributed by atoms with Crippen molar-refractivity contribution in [1.29, 1.82) is 0 Å². The van der Waals surface area contributed by atoms with Crippen LogP contribution < -0.4 is 37.2 Å². The number of hydroxylamine groups is 14. The van der Waals surface area contributed by atoms with Gasteiger partial charge in [-0.2, -0.15) is 0 Å². The third kappa shape index (κ3) is 52.0. The van der Waals surface area contributed by atoms with Crippen molar-refractivity contribution in [1.82, 2.24) is 72.7 Å². The molecule has 740 valence electrons. The fourth-order valence-corrected chi connectivity index (χ4v) is 10.5. The van der Waals surface area contributed by atoms with Crippen LogP contribution in [0.5, 0.6) is 0 Å². The molecule has 56 heteroatoms. The predicted molar refractivity (Wildman–Crippen MR) is 428 cm³/mol. The molecule has 56 nitrogen and oxygen atoms in total. The summed E-state index contributed by atoms with van der Waals surface area (Å²) >= 11 is 0. The summed E-state index contributed by atoms with van der Waals surface area (Å²) in [5, 5.41) is 17.7. The molecular formula is C79H102N14O42.